The zero-order chi connectivity index (χ0) is 22.9. The fourth-order valence-electron chi connectivity index (χ4n) is 4.05. The Hall–Kier alpha value is -3.05. The maximum atomic E-state index is 13.8. The van der Waals surface area contributed by atoms with E-state index in [4.69, 9.17) is 0 Å². The van der Waals surface area contributed by atoms with Gasteiger partial charge in [0.15, 0.2) is 6.29 Å². The smallest absolute Gasteiger partial charge is 0.419 e. The van der Waals surface area contributed by atoms with E-state index in [1.165, 1.54) is 13.3 Å². The van der Waals surface area contributed by atoms with Crippen LogP contribution in [-0.4, -0.2) is 56.0 Å². The number of aryl methyl sites for hydroxylation is 1. The van der Waals surface area contributed by atoms with Crippen LogP contribution in [0.1, 0.15) is 24.0 Å². The fraction of sp³-hybridized carbons (Fsp3) is 0.429. The first-order chi connectivity index (χ1) is 15.3. The summed E-state index contributed by atoms with van der Waals surface area (Å²) < 4.78 is 46.0. The van der Waals surface area contributed by atoms with E-state index in [1.54, 1.807) is 19.1 Å². The maximum absolute atomic E-state index is 13.8. The standard InChI is InChI=1S/C21H25F3N6O2/c1-11-16(29-20(31)32-2)6-5-13-14(9-26-17(11)13)18-15(21(22,23)24)10-27-19(30-18)28-12-4-3-7-25-8-12/h5-6,9-10,12,19,25-26,28,30H,3-4,7-8H2,1-2H3,(H,29,31). The molecule has 0 bridgehead atoms. The molecule has 0 saturated carbocycles. The number of fused-ring (bicyclic) bond motifs is 1. The number of H-pyrrole nitrogens is 1. The van der Waals surface area contributed by atoms with Crippen LogP contribution >= 0.6 is 0 Å². The Labute approximate surface area is 182 Å². The summed E-state index contributed by atoms with van der Waals surface area (Å²) in [6, 6.07) is 3.42. The van der Waals surface area contributed by atoms with E-state index in [0.29, 0.717) is 27.7 Å². The molecule has 172 valence electrons. The van der Waals surface area contributed by atoms with Crippen LogP contribution in [0.2, 0.25) is 0 Å². The summed E-state index contributed by atoms with van der Waals surface area (Å²) in [5, 5.41) is 12.7. The summed E-state index contributed by atoms with van der Waals surface area (Å²) in [6.07, 6.45) is -1.54. The van der Waals surface area contributed by atoms with Gasteiger partial charge in [0.05, 0.1) is 23.9 Å². The molecular weight excluding hydrogens is 425 g/mol. The molecule has 1 aromatic carbocycles. The minimum atomic E-state index is -4.58. The number of methoxy groups -OCH3 is 1. The molecule has 0 spiro atoms. The third kappa shape index (κ3) is 4.44. The number of amides is 1. The first-order valence-corrected chi connectivity index (χ1v) is 10.3. The predicted octanol–water partition coefficient (Wildman–Crippen LogP) is 3.23. The third-order valence-electron chi connectivity index (χ3n) is 5.71. The van der Waals surface area contributed by atoms with Crippen molar-refractivity contribution in [3.05, 3.63) is 35.0 Å². The number of rotatable bonds is 4. The molecule has 1 amide bonds. The topological polar surface area (TPSA) is 103 Å². The minimum absolute atomic E-state index is 0.0481. The zero-order valence-corrected chi connectivity index (χ0v) is 17.7. The van der Waals surface area contributed by atoms with E-state index in [-0.39, 0.29) is 11.7 Å². The number of nitrogens with one attached hydrogen (secondary N) is 5. The Morgan fingerprint density at radius 3 is 2.81 bits per heavy atom. The lowest BCUT2D eigenvalue weighted by Crippen LogP contribution is -2.52. The normalized spacial score (nSPS) is 21.5. The van der Waals surface area contributed by atoms with E-state index in [0.717, 1.165) is 32.1 Å². The van der Waals surface area contributed by atoms with Gasteiger partial charge in [-0.15, -0.1) is 0 Å². The Kier molecular flexibility index (Phi) is 6.11. The highest BCUT2D eigenvalue weighted by atomic mass is 19.4. The molecule has 0 radical (unpaired) electrons. The van der Waals surface area contributed by atoms with E-state index < -0.39 is 24.1 Å². The average molecular weight is 450 g/mol. The molecule has 11 heteroatoms. The van der Waals surface area contributed by atoms with Gasteiger partial charge in [-0.25, -0.2) is 4.79 Å². The summed E-state index contributed by atoms with van der Waals surface area (Å²) in [5.41, 5.74) is 1.29. The number of nitrogens with zero attached hydrogens (tertiary/aromatic N) is 1. The largest absolute Gasteiger partial charge is 0.453 e. The molecule has 2 aliphatic heterocycles. The van der Waals surface area contributed by atoms with Crippen molar-refractivity contribution in [3.63, 3.8) is 0 Å². The van der Waals surface area contributed by atoms with Gasteiger partial charge < -0.3 is 20.4 Å². The van der Waals surface area contributed by atoms with Gasteiger partial charge in [0.25, 0.3) is 0 Å². The van der Waals surface area contributed by atoms with Crippen LogP contribution in [0.3, 0.4) is 0 Å². The summed E-state index contributed by atoms with van der Waals surface area (Å²) in [7, 11) is 1.26. The average Bonchev–Trinajstić information content (AvgIpc) is 3.20. The number of alkyl halides is 3. The molecule has 1 aromatic heterocycles. The van der Waals surface area contributed by atoms with Crippen molar-refractivity contribution in [2.24, 2.45) is 4.99 Å². The van der Waals surface area contributed by atoms with Crippen LogP contribution in [0.4, 0.5) is 23.7 Å². The first kappa shape index (κ1) is 22.2. The SMILES string of the molecule is COC(=O)Nc1ccc2c(C3=C(C(F)(F)F)C=NC(NC4CCCNC4)N3)c[nH]c2c1C. The van der Waals surface area contributed by atoms with Crippen molar-refractivity contribution in [3.8, 4) is 0 Å². The molecule has 4 rings (SSSR count). The highest BCUT2D eigenvalue weighted by molar-refractivity contribution is 6.03. The van der Waals surface area contributed by atoms with E-state index in [1.807, 2.05) is 0 Å². The zero-order valence-electron chi connectivity index (χ0n) is 17.7. The van der Waals surface area contributed by atoms with Gasteiger partial charge in [-0.3, -0.25) is 15.6 Å². The van der Waals surface area contributed by atoms with Crippen LogP contribution in [0.5, 0.6) is 0 Å². The van der Waals surface area contributed by atoms with Crippen LogP contribution in [0.25, 0.3) is 16.6 Å². The minimum Gasteiger partial charge on any atom is -0.453 e. The van der Waals surface area contributed by atoms with E-state index in [9.17, 15) is 18.0 Å². The molecular formula is C21H25F3N6O2. The fourth-order valence-corrected chi connectivity index (χ4v) is 4.05. The van der Waals surface area contributed by atoms with E-state index >= 15 is 0 Å². The van der Waals surface area contributed by atoms with Crippen molar-refractivity contribution in [1.29, 1.82) is 0 Å². The number of allylic oxidation sites excluding steroid dienone is 1. The van der Waals surface area contributed by atoms with Crippen LogP contribution in [0.15, 0.2) is 28.9 Å². The second kappa shape index (κ2) is 8.83. The van der Waals surface area contributed by atoms with Crippen LogP contribution in [-0.2, 0) is 4.74 Å². The van der Waals surface area contributed by atoms with Gasteiger partial charge in [0, 0.05) is 41.6 Å². The number of carbonyl (C=O) groups excluding carboxylic acids is 1. The molecule has 1 saturated heterocycles. The molecule has 5 N–H and O–H groups in total. The van der Waals surface area contributed by atoms with Crippen molar-refractivity contribution in [1.82, 2.24) is 20.9 Å². The second-order valence-electron chi connectivity index (χ2n) is 7.80. The number of carbonyl (C=O) groups is 1. The summed E-state index contributed by atoms with van der Waals surface area (Å²) >= 11 is 0. The first-order valence-electron chi connectivity index (χ1n) is 10.3. The van der Waals surface area contributed by atoms with E-state index in [2.05, 4.69) is 36.0 Å². The maximum Gasteiger partial charge on any atom is 0.419 e. The van der Waals surface area contributed by atoms with Gasteiger partial charge in [0.2, 0.25) is 0 Å². The molecule has 2 aromatic rings. The predicted molar refractivity (Wildman–Crippen MR) is 116 cm³/mol. The molecule has 2 atom stereocenters. The Morgan fingerprint density at radius 1 is 1.31 bits per heavy atom. The summed E-state index contributed by atoms with van der Waals surface area (Å²) in [5.74, 6) is 0. The highest BCUT2D eigenvalue weighted by Crippen LogP contribution is 2.36. The number of aromatic nitrogens is 1. The van der Waals surface area contributed by atoms with Crippen LogP contribution in [0, 0.1) is 6.92 Å². The quantitative estimate of drug-likeness (QED) is 0.492. The second-order valence-corrected chi connectivity index (χ2v) is 7.80. The number of hydrogen-bond donors (Lipinski definition) is 5. The van der Waals surface area contributed by atoms with Gasteiger partial charge >= 0.3 is 12.3 Å². The Balaban J connectivity index is 1.69. The van der Waals surface area contributed by atoms with Gasteiger partial charge in [0.1, 0.15) is 0 Å². The van der Waals surface area contributed by atoms with Crippen molar-refractivity contribution in [2.75, 3.05) is 25.5 Å². The Bertz CT molecular complexity index is 1070. The number of aromatic amines is 1. The molecule has 32 heavy (non-hydrogen) atoms. The molecule has 3 heterocycles. The van der Waals surface area contributed by atoms with Crippen molar-refractivity contribution >= 4 is 34.6 Å². The van der Waals surface area contributed by atoms with Gasteiger partial charge in [-0.2, -0.15) is 13.2 Å². The van der Waals surface area contributed by atoms with Crippen molar-refractivity contribution < 1.29 is 22.7 Å². The third-order valence-corrected chi connectivity index (χ3v) is 5.71. The number of hydrogen-bond acceptors (Lipinski definition) is 6. The van der Waals surface area contributed by atoms with Gasteiger partial charge in [-0.05, 0) is 37.9 Å². The molecule has 1 fully saturated rings. The van der Waals surface area contributed by atoms with Crippen LogP contribution < -0.4 is 21.3 Å². The number of piperidine rings is 1. The Morgan fingerprint density at radius 2 is 2.12 bits per heavy atom. The highest BCUT2D eigenvalue weighted by Gasteiger charge is 2.39. The monoisotopic (exact) mass is 450 g/mol. The lowest BCUT2D eigenvalue weighted by atomic mass is 10.0. The molecule has 8 nitrogen and oxygen atoms in total. The number of benzene rings is 1. The number of ether oxygens (including phenoxy) is 1. The number of halogens is 3. The molecule has 0 aliphatic carbocycles. The summed E-state index contributed by atoms with van der Waals surface area (Å²) in [6.45, 7) is 3.44. The van der Waals surface area contributed by atoms with Gasteiger partial charge in [-0.1, -0.05) is 6.07 Å². The molecule has 2 aliphatic rings. The lowest BCUT2D eigenvalue weighted by molar-refractivity contribution is -0.0855. The lowest BCUT2D eigenvalue weighted by Gasteiger charge is -2.31. The van der Waals surface area contributed by atoms with Crippen molar-refractivity contribution in [2.45, 2.75) is 38.3 Å². The molecule has 2 unspecified atom stereocenters. The number of anilines is 1. The summed E-state index contributed by atoms with van der Waals surface area (Å²) in [4.78, 5) is 18.7. The number of aliphatic imine (C=N–C) groups is 1.